The van der Waals surface area contributed by atoms with Gasteiger partial charge in [0.1, 0.15) is 0 Å². The second-order valence-corrected chi connectivity index (χ2v) is 6.60. The van der Waals surface area contributed by atoms with E-state index < -0.39 is 0 Å². The van der Waals surface area contributed by atoms with Gasteiger partial charge in [0.2, 0.25) is 18.2 Å². The number of likely N-dealkylation sites (tertiary alicyclic amines) is 1. The molecule has 10 heteroatoms. The molecule has 2 N–H and O–H groups in total. The molecule has 0 aliphatic carbocycles. The molecule has 4 rings (SSSR count). The highest BCUT2D eigenvalue weighted by atomic mass is 16.4. The number of piperidine rings is 1. The first kappa shape index (κ1) is 18.5. The average Bonchev–Trinajstić information content (AvgIpc) is 3.30. The molecule has 10 nitrogen and oxygen atoms in total. The number of amides is 3. The van der Waals surface area contributed by atoms with E-state index in [9.17, 15) is 9.59 Å². The van der Waals surface area contributed by atoms with Crippen molar-refractivity contribution >= 4 is 23.4 Å². The Labute approximate surface area is 166 Å². The number of nitrogens with one attached hydrogen (secondary N) is 2. The highest BCUT2D eigenvalue weighted by Gasteiger charge is 2.27. The van der Waals surface area contributed by atoms with Crippen molar-refractivity contribution < 1.29 is 14.0 Å². The molecule has 0 radical (unpaired) electrons. The molecule has 148 valence electrons. The van der Waals surface area contributed by atoms with Crippen LogP contribution < -0.4 is 10.6 Å². The molecule has 1 aromatic carbocycles. The molecule has 0 atom stereocenters. The highest BCUT2D eigenvalue weighted by Crippen LogP contribution is 2.22. The zero-order valence-corrected chi connectivity index (χ0v) is 15.5. The van der Waals surface area contributed by atoms with Crippen LogP contribution in [0.4, 0.5) is 16.3 Å². The molecule has 3 amide bonds. The van der Waals surface area contributed by atoms with Crippen LogP contribution in [-0.2, 0) is 4.79 Å². The smallest absolute Gasteiger partial charge is 0.321 e. The maximum Gasteiger partial charge on any atom is 0.321 e. The maximum atomic E-state index is 12.6. The lowest BCUT2D eigenvalue weighted by Gasteiger charge is -2.31. The highest BCUT2D eigenvalue weighted by molar-refractivity contribution is 5.92. The monoisotopic (exact) mass is 393 g/mol. The van der Waals surface area contributed by atoms with Crippen molar-refractivity contribution in [3.8, 4) is 11.5 Å². The fourth-order valence-corrected chi connectivity index (χ4v) is 3.17. The number of carbonyl (C=O) groups is 2. The summed E-state index contributed by atoms with van der Waals surface area (Å²) in [6.07, 6.45) is 7.00. The zero-order valence-electron chi connectivity index (χ0n) is 15.5. The van der Waals surface area contributed by atoms with Gasteiger partial charge in [-0.15, -0.1) is 10.2 Å². The molecule has 1 aliphatic heterocycles. The summed E-state index contributed by atoms with van der Waals surface area (Å²) < 4.78 is 5.18. The summed E-state index contributed by atoms with van der Waals surface area (Å²) in [5.41, 5.74) is 1.35. The summed E-state index contributed by atoms with van der Waals surface area (Å²) in [6.45, 7) is 0.988. The first-order valence-electron chi connectivity index (χ1n) is 9.18. The zero-order chi connectivity index (χ0) is 20.1. The molecule has 0 bridgehead atoms. The number of hydrogen-bond acceptors (Lipinski definition) is 7. The first-order valence-corrected chi connectivity index (χ1v) is 9.18. The molecule has 29 heavy (non-hydrogen) atoms. The van der Waals surface area contributed by atoms with E-state index in [0.29, 0.717) is 43.3 Å². The van der Waals surface area contributed by atoms with E-state index in [4.69, 9.17) is 4.42 Å². The third-order valence-corrected chi connectivity index (χ3v) is 4.69. The Kier molecular flexibility index (Phi) is 5.41. The van der Waals surface area contributed by atoms with Crippen molar-refractivity contribution in [3.63, 3.8) is 0 Å². The van der Waals surface area contributed by atoms with Gasteiger partial charge in [-0.25, -0.2) is 9.78 Å². The van der Waals surface area contributed by atoms with Gasteiger partial charge in [-0.3, -0.25) is 9.78 Å². The van der Waals surface area contributed by atoms with Crippen molar-refractivity contribution in [1.29, 1.82) is 0 Å². The standard InChI is InChI=1S/C19H19N7O3/c27-17(24-16-11-20-6-7-21-16)13-4-8-26(9-5-13)19(28)23-15-3-1-2-14(10-15)18-25-22-12-29-18/h1-3,6-7,10-13H,4-5,8-9H2,(H,23,28)(H,21,24,27). The van der Waals surface area contributed by atoms with Crippen molar-refractivity contribution in [2.75, 3.05) is 23.7 Å². The Bertz CT molecular complexity index is 970. The van der Waals surface area contributed by atoms with E-state index in [1.54, 1.807) is 29.3 Å². The lowest BCUT2D eigenvalue weighted by atomic mass is 9.96. The van der Waals surface area contributed by atoms with Gasteiger partial charge in [0.25, 0.3) is 0 Å². The van der Waals surface area contributed by atoms with E-state index in [1.807, 2.05) is 6.07 Å². The van der Waals surface area contributed by atoms with Gasteiger partial charge >= 0.3 is 6.03 Å². The normalized spacial score (nSPS) is 14.4. The van der Waals surface area contributed by atoms with Gasteiger partial charge in [-0.2, -0.15) is 0 Å². The number of nitrogens with zero attached hydrogens (tertiary/aromatic N) is 5. The molecule has 0 spiro atoms. The van der Waals surface area contributed by atoms with Crippen LogP contribution in [0.1, 0.15) is 12.8 Å². The molecule has 3 aromatic rings. The minimum atomic E-state index is -0.208. The molecule has 0 saturated carbocycles. The second-order valence-electron chi connectivity index (χ2n) is 6.60. The van der Waals surface area contributed by atoms with Crippen LogP contribution in [0.3, 0.4) is 0 Å². The van der Waals surface area contributed by atoms with Crippen LogP contribution in [0.2, 0.25) is 0 Å². The Morgan fingerprint density at radius 1 is 1.14 bits per heavy atom. The minimum absolute atomic E-state index is 0.0992. The number of anilines is 2. The van der Waals surface area contributed by atoms with E-state index >= 15 is 0 Å². The third kappa shape index (κ3) is 4.54. The van der Waals surface area contributed by atoms with E-state index in [2.05, 4.69) is 30.8 Å². The molecule has 1 fully saturated rings. The van der Waals surface area contributed by atoms with Crippen molar-refractivity contribution in [3.05, 3.63) is 49.2 Å². The number of rotatable bonds is 4. The van der Waals surface area contributed by atoms with E-state index in [0.717, 1.165) is 5.56 Å². The van der Waals surface area contributed by atoms with Crippen molar-refractivity contribution in [2.24, 2.45) is 5.92 Å². The minimum Gasteiger partial charge on any atom is -0.423 e. The van der Waals surface area contributed by atoms with Crippen LogP contribution in [0.5, 0.6) is 0 Å². The van der Waals surface area contributed by atoms with Crippen LogP contribution in [0, 0.1) is 5.92 Å². The lowest BCUT2D eigenvalue weighted by Crippen LogP contribution is -2.43. The maximum absolute atomic E-state index is 12.6. The average molecular weight is 393 g/mol. The topological polar surface area (TPSA) is 126 Å². The number of hydrogen-bond donors (Lipinski definition) is 2. The van der Waals surface area contributed by atoms with Gasteiger partial charge in [-0.1, -0.05) is 6.07 Å². The van der Waals surface area contributed by atoms with E-state index in [1.165, 1.54) is 18.8 Å². The van der Waals surface area contributed by atoms with E-state index in [-0.39, 0.29) is 17.9 Å². The largest absolute Gasteiger partial charge is 0.423 e. The molecule has 0 unspecified atom stereocenters. The Morgan fingerprint density at radius 3 is 2.72 bits per heavy atom. The molecule has 3 heterocycles. The third-order valence-electron chi connectivity index (χ3n) is 4.69. The van der Waals surface area contributed by atoms with Crippen LogP contribution >= 0.6 is 0 Å². The lowest BCUT2D eigenvalue weighted by molar-refractivity contribution is -0.121. The van der Waals surface area contributed by atoms with Crippen molar-refractivity contribution in [2.45, 2.75) is 12.8 Å². The van der Waals surface area contributed by atoms with Crippen molar-refractivity contribution in [1.82, 2.24) is 25.1 Å². The molecule has 2 aromatic heterocycles. The number of urea groups is 1. The molecular weight excluding hydrogens is 374 g/mol. The second kappa shape index (κ2) is 8.46. The quantitative estimate of drug-likeness (QED) is 0.697. The van der Waals surface area contributed by atoms with Gasteiger partial charge < -0.3 is 20.0 Å². The van der Waals surface area contributed by atoms with Crippen LogP contribution in [0.15, 0.2) is 53.7 Å². The van der Waals surface area contributed by atoms with Gasteiger partial charge in [0.15, 0.2) is 5.82 Å². The Balaban J connectivity index is 1.30. The Hall–Kier alpha value is -3.82. The number of aromatic nitrogens is 4. The van der Waals surface area contributed by atoms with Gasteiger partial charge in [0, 0.05) is 42.7 Å². The summed E-state index contributed by atoms with van der Waals surface area (Å²) in [5.74, 6) is 0.551. The molecular formula is C19H19N7O3. The fraction of sp³-hybridized carbons (Fsp3) is 0.263. The predicted octanol–water partition coefficient (Wildman–Crippen LogP) is 2.41. The number of benzene rings is 1. The Morgan fingerprint density at radius 2 is 2.00 bits per heavy atom. The SMILES string of the molecule is O=C(Nc1cnccn1)C1CCN(C(=O)Nc2cccc(-c3nnco3)c2)CC1. The van der Waals surface area contributed by atoms with Crippen LogP contribution in [0.25, 0.3) is 11.5 Å². The molecule has 1 aliphatic rings. The van der Waals surface area contributed by atoms with Crippen LogP contribution in [-0.4, -0.2) is 50.1 Å². The summed E-state index contributed by atoms with van der Waals surface area (Å²) in [7, 11) is 0. The summed E-state index contributed by atoms with van der Waals surface area (Å²) in [6, 6.07) is 6.98. The molecule has 1 saturated heterocycles. The summed E-state index contributed by atoms with van der Waals surface area (Å²) in [5, 5.41) is 13.2. The predicted molar refractivity (Wildman–Crippen MR) is 104 cm³/mol. The fourth-order valence-electron chi connectivity index (χ4n) is 3.17. The first-order chi connectivity index (χ1) is 14.2. The summed E-state index contributed by atoms with van der Waals surface area (Å²) in [4.78, 5) is 34.6. The number of carbonyl (C=O) groups excluding carboxylic acids is 2. The van der Waals surface area contributed by atoms with Gasteiger partial charge in [0.05, 0.1) is 6.20 Å². The summed E-state index contributed by atoms with van der Waals surface area (Å²) >= 11 is 0. The van der Waals surface area contributed by atoms with Gasteiger partial charge in [-0.05, 0) is 31.0 Å².